The minimum Gasteiger partial charge on any atom is -0.384 e. The standard InChI is InChI=1S/C23H23ClN6O/c1-28-14-19(11-26-28)30-21-8-22(20(24)7-15(21)9-27-30)29-12-17-4-5-18(13-29)23(17,31)16-3-2-6-25-10-16/h2-3,6-11,14,17-18,31H,4-5,12-13H2,1H3/t17-,18+,23?. The van der Waals surface area contributed by atoms with Crippen LogP contribution in [0.15, 0.2) is 55.2 Å². The topological polar surface area (TPSA) is 72.0 Å². The molecule has 6 rings (SSSR count). The van der Waals surface area contributed by atoms with Gasteiger partial charge in [0.25, 0.3) is 0 Å². The van der Waals surface area contributed by atoms with Crippen molar-refractivity contribution in [1.29, 1.82) is 0 Å². The van der Waals surface area contributed by atoms with Gasteiger partial charge in [-0.05, 0) is 31.0 Å². The molecule has 4 aromatic rings. The molecule has 1 unspecified atom stereocenters. The van der Waals surface area contributed by atoms with Crippen molar-refractivity contribution >= 4 is 28.2 Å². The van der Waals surface area contributed by atoms with Crippen LogP contribution in [0.5, 0.6) is 0 Å². The summed E-state index contributed by atoms with van der Waals surface area (Å²) in [7, 11) is 1.89. The van der Waals surface area contributed by atoms with E-state index in [1.807, 2.05) is 48.5 Å². The van der Waals surface area contributed by atoms with Gasteiger partial charge >= 0.3 is 0 Å². The second kappa shape index (κ2) is 6.80. The molecule has 158 valence electrons. The van der Waals surface area contributed by atoms with Crippen LogP contribution in [0.4, 0.5) is 5.69 Å². The first-order valence-corrected chi connectivity index (χ1v) is 11.0. The number of hydrogen-bond donors (Lipinski definition) is 1. The van der Waals surface area contributed by atoms with Crippen molar-refractivity contribution in [3.63, 3.8) is 0 Å². The van der Waals surface area contributed by atoms with E-state index in [0.29, 0.717) is 5.02 Å². The van der Waals surface area contributed by atoms with E-state index in [9.17, 15) is 5.11 Å². The number of pyridine rings is 1. The molecule has 1 aromatic carbocycles. The monoisotopic (exact) mass is 434 g/mol. The molecule has 0 amide bonds. The van der Waals surface area contributed by atoms with Gasteiger partial charge in [0.15, 0.2) is 0 Å². The Morgan fingerprint density at radius 3 is 2.58 bits per heavy atom. The van der Waals surface area contributed by atoms with Crippen LogP contribution in [0.3, 0.4) is 0 Å². The van der Waals surface area contributed by atoms with Crippen molar-refractivity contribution in [2.24, 2.45) is 18.9 Å². The number of nitrogens with zero attached hydrogens (tertiary/aromatic N) is 6. The SMILES string of the molecule is Cn1cc(-n2ncc3cc(Cl)c(N4C[C@H]5CC[C@@H](C4)C5(O)c4cccnc4)cc32)cn1. The van der Waals surface area contributed by atoms with Crippen molar-refractivity contribution < 1.29 is 5.11 Å². The largest absolute Gasteiger partial charge is 0.384 e. The molecule has 1 aliphatic carbocycles. The quantitative estimate of drug-likeness (QED) is 0.534. The van der Waals surface area contributed by atoms with E-state index in [0.717, 1.165) is 53.8 Å². The van der Waals surface area contributed by atoms with E-state index < -0.39 is 5.60 Å². The summed E-state index contributed by atoms with van der Waals surface area (Å²) < 4.78 is 3.66. The van der Waals surface area contributed by atoms with Gasteiger partial charge in [0.1, 0.15) is 11.3 Å². The Morgan fingerprint density at radius 1 is 1.10 bits per heavy atom. The van der Waals surface area contributed by atoms with Crippen LogP contribution in [0.1, 0.15) is 18.4 Å². The van der Waals surface area contributed by atoms with Crippen molar-refractivity contribution in [3.8, 4) is 5.69 Å². The number of piperidine rings is 1. The number of fused-ring (bicyclic) bond motifs is 3. The number of aromatic nitrogens is 5. The molecule has 2 aliphatic rings. The Balaban J connectivity index is 1.38. The Kier molecular flexibility index (Phi) is 4.13. The van der Waals surface area contributed by atoms with Gasteiger partial charge in [-0.1, -0.05) is 17.7 Å². The molecule has 31 heavy (non-hydrogen) atoms. The van der Waals surface area contributed by atoms with E-state index in [1.54, 1.807) is 17.1 Å². The summed E-state index contributed by atoms with van der Waals surface area (Å²) in [4.78, 5) is 6.58. The second-order valence-electron chi connectivity index (χ2n) is 8.73. The van der Waals surface area contributed by atoms with Gasteiger partial charge in [-0.3, -0.25) is 9.67 Å². The Hall–Kier alpha value is -2.90. The highest BCUT2D eigenvalue weighted by Crippen LogP contribution is 2.52. The summed E-state index contributed by atoms with van der Waals surface area (Å²) in [6.07, 6.45) is 11.1. The lowest BCUT2D eigenvalue weighted by Gasteiger charge is -2.45. The molecule has 0 spiro atoms. The maximum Gasteiger partial charge on any atom is 0.103 e. The zero-order valence-corrected chi connectivity index (χ0v) is 17.9. The van der Waals surface area contributed by atoms with Crippen molar-refractivity contribution in [3.05, 3.63) is 65.8 Å². The van der Waals surface area contributed by atoms with Crippen LogP contribution in [0.25, 0.3) is 16.6 Å². The number of benzene rings is 1. The number of anilines is 1. The molecule has 3 atom stereocenters. The summed E-state index contributed by atoms with van der Waals surface area (Å²) in [6, 6.07) is 8.00. The summed E-state index contributed by atoms with van der Waals surface area (Å²) in [5.41, 5.74) is 3.00. The van der Waals surface area contributed by atoms with Crippen molar-refractivity contribution in [2.45, 2.75) is 18.4 Å². The molecule has 8 heteroatoms. The highest BCUT2D eigenvalue weighted by atomic mass is 35.5. The first kappa shape index (κ1) is 18.8. The van der Waals surface area contributed by atoms with Crippen LogP contribution >= 0.6 is 11.6 Å². The second-order valence-corrected chi connectivity index (χ2v) is 9.14. The van der Waals surface area contributed by atoms with E-state index in [2.05, 4.69) is 26.1 Å². The molecule has 1 saturated heterocycles. The first-order chi connectivity index (χ1) is 15.0. The van der Waals surface area contributed by atoms with Crippen LogP contribution in [-0.4, -0.2) is 42.7 Å². The van der Waals surface area contributed by atoms with Crippen LogP contribution in [0, 0.1) is 11.8 Å². The van der Waals surface area contributed by atoms with E-state index in [4.69, 9.17) is 11.6 Å². The van der Waals surface area contributed by atoms with Crippen molar-refractivity contribution in [1.82, 2.24) is 24.5 Å². The Labute approximate surface area is 184 Å². The number of hydrogen-bond acceptors (Lipinski definition) is 5. The van der Waals surface area contributed by atoms with Crippen LogP contribution in [-0.2, 0) is 12.6 Å². The fourth-order valence-corrected chi connectivity index (χ4v) is 5.80. The van der Waals surface area contributed by atoms with Gasteiger partial charge in [-0.25, -0.2) is 4.68 Å². The fraction of sp³-hybridized carbons (Fsp3) is 0.348. The number of halogens is 1. The molecule has 1 N–H and O–H groups in total. The predicted octanol–water partition coefficient (Wildman–Crippen LogP) is 3.54. The van der Waals surface area contributed by atoms with Gasteiger partial charge in [-0.15, -0.1) is 0 Å². The van der Waals surface area contributed by atoms with E-state index in [1.165, 1.54) is 0 Å². The van der Waals surface area contributed by atoms with Gasteiger partial charge in [0, 0.05) is 55.3 Å². The molecule has 3 aromatic heterocycles. The summed E-state index contributed by atoms with van der Waals surface area (Å²) >= 11 is 6.73. The Morgan fingerprint density at radius 2 is 1.90 bits per heavy atom. The lowest BCUT2D eigenvalue weighted by atomic mass is 9.75. The van der Waals surface area contributed by atoms with Gasteiger partial charge in [-0.2, -0.15) is 10.2 Å². The van der Waals surface area contributed by atoms with Gasteiger partial charge in [0.2, 0.25) is 0 Å². The van der Waals surface area contributed by atoms with E-state index >= 15 is 0 Å². The zero-order valence-electron chi connectivity index (χ0n) is 17.2. The molecule has 1 aliphatic heterocycles. The fourth-order valence-electron chi connectivity index (χ4n) is 5.51. The van der Waals surface area contributed by atoms with Gasteiger partial charge in [0.05, 0.1) is 34.8 Å². The maximum atomic E-state index is 11.7. The molecule has 2 fully saturated rings. The first-order valence-electron chi connectivity index (χ1n) is 10.6. The molecule has 4 heterocycles. The molecular weight excluding hydrogens is 412 g/mol. The number of aryl methyl sites for hydroxylation is 1. The normalized spacial score (nSPS) is 25.5. The van der Waals surface area contributed by atoms with Crippen LogP contribution in [0.2, 0.25) is 5.02 Å². The predicted molar refractivity (Wildman–Crippen MR) is 119 cm³/mol. The minimum atomic E-state index is -0.821. The average molecular weight is 435 g/mol. The smallest absolute Gasteiger partial charge is 0.103 e. The minimum absolute atomic E-state index is 0.144. The molecular formula is C23H23ClN6O. The Bertz CT molecular complexity index is 1250. The third kappa shape index (κ3) is 2.80. The molecule has 1 saturated carbocycles. The van der Waals surface area contributed by atoms with Crippen LogP contribution < -0.4 is 4.90 Å². The van der Waals surface area contributed by atoms with E-state index in [-0.39, 0.29) is 11.8 Å². The van der Waals surface area contributed by atoms with Crippen molar-refractivity contribution in [2.75, 3.05) is 18.0 Å². The lowest BCUT2D eigenvalue weighted by Crippen LogP contribution is -2.52. The summed E-state index contributed by atoms with van der Waals surface area (Å²) in [5.74, 6) is 0.288. The highest BCUT2D eigenvalue weighted by molar-refractivity contribution is 6.34. The third-order valence-corrected chi connectivity index (χ3v) is 7.33. The maximum absolute atomic E-state index is 11.7. The molecule has 0 radical (unpaired) electrons. The summed E-state index contributed by atoms with van der Waals surface area (Å²) in [6.45, 7) is 1.52. The summed E-state index contributed by atoms with van der Waals surface area (Å²) in [5, 5.41) is 22.2. The zero-order chi connectivity index (χ0) is 21.2. The molecule has 7 nitrogen and oxygen atoms in total. The van der Waals surface area contributed by atoms with Gasteiger partial charge < -0.3 is 10.0 Å². The number of rotatable bonds is 3. The number of aliphatic hydroxyl groups is 1. The molecule has 2 bridgehead atoms. The lowest BCUT2D eigenvalue weighted by molar-refractivity contribution is -0.0511. The average Bonchev–Trinajstić information content (AvgIpc) is 3.41. The third-order valence-electron chi connectivity index (χ3n) is 7.03. The highest BCUT2D eigenvalue weighted by Gasteiger charge is 2.54.